The number of nitrogens with one attached hydrogen (secondary N) is 1. The predicted octanol–water partition coefficient (Wildman–Crippen LogP) is 4.36. The molecule has 3 atom stereocenters. The second-order valence-corrected chi connectivity index (χ2v) is 6.56. The minimum Gasteiger partial charge on any atom is -0.317 e. The van der Waals surface area contributed by atoms with Crippen LogP contribution >= 0.6 is 0 Å². The summed E-state index contributed by atoms with van der Waals surface area (Å²) in [4.78, 5) is 0. The Bertz CT molecular complexity index is 673. The molecular formula is C20H23N. The van der Waals surface area contributed by atoms with Crippen LogP contribution in [0.3, 0.4) is 0 Å². The molecule has 1 N–H and O–H groups in total. The van der Waals surface area contributed by atoms with Crippen molar-refractivity contribution in [1.29, 1.82) is 0 Å². The molecule has 1 fully saturated rings. The largest absolute Gasteiger partial charge is 0.317 e. The van der Waals surface area contributed by atoms with Gasteiger partial charge >= 0.3 is 0 Å². The van der Waals surface area contributed by atoms with Gasteiger partial charge in [-0.25, -0.2) is 0 Å². The Labute approximate surface area is 127 Å². The lowest BCUT2D eigenvalue weighted by molar-refractivity contribution is 0.169. The lowest BCUT2D eigenvalue weighted by atomic mass is 9.65. The van der Waals surface area contributed by atoms with Gasteiger partial charge in [0, 0.05) is 6.04 Å². The van der Waals surface area contributed by atoms with Crippen molar-refractivity contribution in [1.82, 2.24) is 5.32 Å². The summed E-state index contributed by atoms with van der Waals surface area (Å²) >= 11 is 0. The Morgan fingerprint density at radius 2 is 1.86 bits per heavy atom. The molecule has 108 valence electrons. The third-order valence-corrected chi connectivity index (χ3v) is 5.63. The summed E-state index contributed by atoms with van der Waals surface area (Å²) < 4.78 is 0. The Kier molecular flexibility index (Phi) is 3.11. The highest BCUT2D eigenvalue weighted by molar-refractivity contribution is 5.77. The molecule has 1 nitrogen and oxygen atoms in total. The molecule has 2 aromatic rings. The monoisotopic (exact) mass is 277 g/mol. The van der Waals surface area contributed by atoms with E-state index in [0.717, 1.165) is 18.3 Å². The van der Waals surface area contributed by atoms with Gasteiger partial charge in [0.25, 0.3) is 0 Å². The summed E-state index contributed by atoms with van der Waals surface area (Å²) in [5.74, 6) is 1.55. The molecule has 1 saturated carbocycles. The average molecular weight is 277 g/mol. The molecule has 0 heterocycles. The van der Waals surface area contributed by atoms with Crippen molar-refractivity contribution in [3.8, 4) is 11.1 Å². The van der Waals surface area contributed by atoms with Crippen molar-refractivity contribution >= 4 is 0 Å². The van der Waals surface area contributed by atoms with Gasteiger partial charge in [-0.3, -0.25) is 0 Å². The molecule has 0 aliphatic heterocycles. The highest BCUT2D eigenvalue weighted by Crippen LogP contribution is 2.46. The molecule has 0 amide bonds. The summed E-state index contributed by atoms with van der Waals surface area (Å²) in [7, 11) is 2.10. The van der Waals surface area contributed by atoms with Gasteiger partial charge in [0.05, 0.1) is 0 Å². The fourth-order valence-electron chi connectivity index (χ4n) is 4.39. The summed E-state index contributed by atoms with van der Waals surface area (Å²) in [6, 6.07) is 16.8. The molecule has 3 unspecified atom stereocenters. The van der Waals surface area contributed by atoms with Gasteiger partial charge in [0.15, 0.2) is 0 Å². The fourth-order valence-corrected chi connectivity index (χ4v) is 4.39. The first-order valence-corrected chi connectivity index (χ1v) is 8.20. The van der Waals surface area contributed by atoms with Gasteiger partial charge in [-0.05, 0) is 59.5 Å². The number of benzene rings is 2. The standard InChI is InChI=1S/C20H23N/c1-3-16-19(12-20(16)21-2)14-8-9-18-15(11-14)10-13-6-4-5-7-17(13)18/h4-9,11,16,19-21H,3,10,12H2,1-2H3. The zero-order valence-corrected chi connectivity index (χ0v) is 12.9. The second kappa shape index (κ2) is 4.99. The van der Waals surface area contributed by atoms with Crippen LogP contribution in [0.5, 0.6) is 0 Å². The SMILES string of the molecule is CCC1C(NC)CC1c1ccc2c(c1)Cc1ccccc1-2. The number of hydrogen-bond acceptors (Lipinski definition) is 1. The molecule has 2 aliphatic rings. The highest BCUT2D eigenvalue weighted by atomic mass is 14.9. The molecule has 4 rings (SSSR count). The van der Waals surface area contributed by atoms with E-state index in [1.54, 1.807) is 5.56 Å². The molecule has 0 radical (unpaired) electrons. The molecule has 0 aromatic heterocycles. The summed E-state index contributed by atoms with van der Waals surface area (Å²) in [6.45, 7) is 2.32. The number of rotatable bonds is 3. The average Bonchev–Trinajstić information content (AvgIpc) is 2.85. The van der Waals surface area contributed by atoms with E-state index in [9.17, 15) is 0 Å². The maximum absolute atomic E-state index is 3.47. The maximum atomic E-state index is 3.47. The normalized spacial score (nSPS) is 26.1. The van der Waals surface area contributed by atoms with E-state index in [1.165, 1.54) is 35.1 Å². The molecule has 0 bridgehead atoms. The van der Waals surface area contributed by atoms with Crippen LogP contribution in [0.2, 0.25) is 0 Å². The first-order valence-electron chi connectivity index (χ1n) is 8.20. The number of fused-ring (bicyclic) bond motifs is 3. The van der Waals surface area contributed by atoms with Crippen molar-refractivity contribution in [3.05, 3.63) is 59.2 Å². The Balaban J connectivity index is 1.65. The van der Waals surface area contributed by atoms with Gasteiger partial charge in [0.2, 0.25) is 0 Å². The summed E-state index contributed by atoms with van der Waals surface area (Å²) in [5.41, 5.74) is 7.45. The van der Waals surface area contributed by atoms with Crippen molar-refractivity contribution in [3.63, 3.8) is 0 Å². The quantitative estimate of drug-likeness (QED) is 0.750. The molecule has 2 aromatic carbocycles. The van der Waals surface area contributed by atoms with Gasteiger partial charge in [-0.1, -0.05) is 55.8 Å². The first-order chi connectivity index (χ1) is 10.3. The molecule has 2 aliphatic carbocycles. The maximum Gasteiger partial charge on any atom is 0.0104 e. The van der Waals surface area contributed by atoms with Crippen molar-refractivity contribution < 1.29 is 0 Å². The Morgan fingerprint density at radius 3 is 2.67 bits per heavy atom. The van der Waals surface area contributed by atoms with Crippen LogP contribution in [-0.4, -0.2) is 13.1 Å². The van der Waals surface area contributed by atoms with E-state index in [4.69, 9.17) is 0 Å². The molecule has 0 spiro atoms. The Morgan fingerprint density at radius 1 is 1.05 bits per heavy atom. The van der Waals surface area contributed by atoms with E-state index in [0.29, 0.717) is 6.04 Å². The van der Waals surface area contributed by atoms with Crippen LogP contribution < -0.4 is 5.32 Å². The van der Waals surface area contributed by atoms with E-state index >= 15 is 0 Å². The first kappa shape index (κ1) is 13.1. The zero-order chi connectivity index (χ0) is 14.4. The minimum absolute atomic E-state index is 0.713. The fraction of sp³-hybridized carbons (Fsp3) is 0.400. The third-order valence-electron chi connectivity index (χ3n) is 5.63. The van der Waals surface area contributed by atoms with Crippen LogP contribution in [0.1, 0.15) is 42.4 Å². The van der Waals surface area contributed by atoms with E-state index < -0.39 is 0 Å². The smallest absolute Gasteiger partial charge is 0.0104 e. The molecule has 1 heteroatoms. The molecule has 0 saturated heterocycles. The minimum atomic E-state index is 0.713. The van der Waals surface area contributed by atoms with Crippen LogP contribution in [0, 0.1) is 5.92 Å². The topological polar surface area (TPSA) is 12.0 Å². The van der Waals surface area contributed by atoms with E-state index in [1.807, 2.05) is 0 Å². The van der Waals surface area contributed by atoms with Gasteiger partial charge in [-0.2, -0.15) is 0 Å². The lowest BCUT2D eigenvalue weighted by Crippen LogP contribution is -2.47. The predicted molar refractivity (Wildman–Crippen MR) is 88.7 cm³/mol. The van der Waals surface area contributed by atoms with Crippen LogP contribution in [0.15, 0.2) is 42.5 Å². The summed E-state index contributed by atoms with van der Waals surface area (Å²) in [5, 5.41) is 3.47. The van der Waals surface area contributed by atoms with Gasteiger partial charge < -0.3 is 5.32 Å². The van der Waals surface area contributed by atoms with Crippen molar-refractivity contribution in [2.24, 2.45) is 5.92 Å². The Hall–Kier alpha value is -1.60. The number of hydrogen-bond donors (Lipinski definition) is 1. The molecule has 21 heavy (non-hydrogen) atoms. The van der Waals surface area contributed by atoms with Crippen molar-refractivity contribution in [2.75, 3.05) is 7.05 Å². The summed E-state index contributed by atoms with van der Waals surface area (Å²) in [6.07, 6.45) is 3.67. The van der Waals surface area contributed by atoms with E-state index in [2.05, 4.69) is 61.8 Å². The molecular weight excluding hydrogens is 254 g/mol. The second-order valence-electron chi connectivity index (χ2n) is 6.56. The van der Waals surface area contributed by atoms with Gasteiger partial charge in [0.1, 0.15) is 0 Å². The zero-order valence-electron chi connectivity index (χ0n) is 12.9. The van der Waals surface area contributed by atoms with Crippen LogP contribution in [0.25, 0.3) is 11.1 Å². The van der Waals surface area contributed by atoms with Crippen molar-refractivity contribution in [2.45, 2.75) is 38.1 Å². The van der Waals surface area contributed by atoms with Gasteiger partial charge in [-0.15, -0.1) is 0 Å². The highest BCUT2D eigenvalue weighted by Gasteiger charge is 2.39. The van der Waals surface area contributed by atoms with Crippen LogP contribution in [-0.2, 0) is 6.42 Å². The van der Waals surface area contributed by atoms with E-state index in [-0.39, 0.29) is 0 Å². The third kappa shape index (κ3) is 1.95. The lowest BCUT2D eigenvalue weighted by Gasteiger charge is -2.45. The van der Waals surface area contributed by atoms with Crippen LogP contribution in [0.4, 0.5) is 0 Å².